The maximum atomic E-state index is 12.3. The van der Waals surface area contributed by atoms with E-state index < -0.39 is 17.2 Å². The van der Waals surface area contributed by atoms with Gasteiger partial charge >= 0.3 is 5.97 Å². The van der Waals surface area contributed by atoms with Gasteiger partial charge in [-0.05, 0) is 25.1 Å². The number of fused-ring (bicyclic) bond motifs is 1. The van der Waals surface area contributed by atoms with E-state index in [-0.39, 0.29) is 13.2 Å². The maximum Gasteiger partial charge on any atom is 0.322 e. The Morgan fingerprint density at radius 1 is 1.42 bits per heavy atom. The molecule has 98 valence electrons. The van der Waals surface area contributed by atoms with Crippen LogP contribution in [0.25, 0.3) is 11.0 Å². The first-order valence-corrected chi connectivity index (χ1v) is 5.85. The van der Waals surface area contributed by atoms with Gasteiger partial charge in [0.05, 0.1) is 24.2 Å². The lowest BCUT2D eigenvalue weighted by molar-refractivity contribution is -0.168. The van der Waals surface area contributed by atoms with Gasteiger partial charge < -0.3 is 14.8 Å². The van der Waals surface area contributed by atoms with Gasteiger partial charge in [-0.1, -0.05) is 0 Å². The Kier molecular flexibility index (Phi) is 2.43. The van der Waals surface area contributed by atoms with Crippen LogP contribution in [0, 0.1) is 12.3 Å². The number of ketones is 1. The molecule has 1 saturated heterocycles. The quantitative estimate of drug-likeness (QED) is 0.638. The second-order valence-electron chi connectivity index (χ2n) is 4.76. The number of aromatic nitrogens is 2. The lowest BCUT2D eigenvalue weighted by Gasteiger charge is -2.35. The molecule has 1 fully saturated rings. The third kappa shape index (κ3) is 1.64. The number of benzene rings is 1. The molecule has 0 amide bonds. The van der Waals surface area contributed by atoms with Crippen molar-refractivity contribution in [3.63, 3.8) is 0 Å². The standard InChI is InChI=1S/C13H12N2O4/c1-7-14-9-3-2-8(4-10(9)15-7)11(16)13(12(17)18)5-19-6-13/h2-4H,5-6H2,1H3,(H,14,15)(H,17,18). The highest BCUT2D eigenvalue weighted by Gasteiger charge is 2.53. The van der Waals surface area contributed by atoms with E-state index in [0.717, 1.165) is 16.9 Å². The van der Waals surface area contributed by atoms with E-state index in [1.165, 1.54) is 0 Å². The molecule has 19 heavy (non-hydrogen) atoms. The summed E-state index contributed by atoms with van der Waals surface area (Å²) in [6.07, 6.45) is 0. The minimum absolute atomic E-state index is 0.0682. The number of ether oxygens (including phenoxy) is 1. The zero-order valence-corrected chi connectivity index (χ0v) is 10.3. The molecule has 2 N–H and O–H groups in total. The minimum Gasteiger partial charge on any atom is -0.480 e. The van der Waals surface area contributed by atoms with Crippen LogP contribution in [0.1, 0.15) is 16.2 Å². The van der Waals surface area contributed by atoms with Crippen LogP contribution in [-0.2, 0) is 9.53 Å². The molecule has 2 aromatic rings. The zero-order chi connectivity index (χ0) is 13.6. The summed E-state index contributed by atoms with van der Waals surface area (Å²) in [4.78, 5) is 30.9. The third-order valence-electron chi connectivity index (χ3n) is 3.40. The van der Waals surface area contributed by atoms with Gasteiger partial charge in [0, 0.05) is 5.56 Å². The number of nitrogens with one attached hydrogen (secondary N) is 1. The van der Waals surface area contributed by atoms with Crippen molar-refractivity contribution in [1.82, 2.24) is 9.97 Å². The summed E-state index contributed by atoms with van der Waals surface area (Å²) in [5.41, 5.74) is 0.414. The van der Waals surface area contributed by atoms with E-state index >= 15 is 0 Å². The largest absolute Gasteiger partial charge is 0.480 e. The van der Waals surface area contributed by atoms with E-state index in [2.05, 4.69) is 9.97 Å². The number of hydrogen-bond acceptors (Lipinski definition) is 4. The van der Waals surface area contributed by atoms with Gasteiger partial charge in [0.15, 0.2) is 11.2 Å². The molecule has 0 atom stereocenters. The number of carboxylic acid groups (broad SMARTS) is 1. The van der Waals surface area contributed by atoms with Crippen LogP contribution in [0.5, 0.6) is 0 Å². The number of carbonyl (C=O) groups is 2. The number of aromatic amines is 1. The van der Waals surface area contributed by atoms with Gasteiger partial charge in [0.25, 0.3) is 0 Å². The number of carboxylic acids is 1. The molecule has 0 bridgehead atoms. The molecule has 3 rings (SSSR count). The fourth-order valence-electron chi connectivity index (χ4n) is 2.21. The Bertz CT molecular complexity index is 685. The number of aryl methyl sites for hydroxylation is 1. The highest BCUT2D eigenvalue weighted by atomic mass is 16.5. The Labute approximate surface area is 108 Å². The fourth-order valence-corrected chi connectivity index (χ4v) is 2.21. The number of H-pyrrole nitrogens is 1. The van der Waals surface area contributed by atoms with Gasteiger partial charge in [-0.2, -0.15) is 0 Å². The summed E-state index contributed by atoms with van der Waals surface area (Å²) in [5, 5.41) is 9.21. The van der Waals surface area contributed by atoms with Crippen molar-refractivity contribution in [3.8, 4) is 0 Å². The Hall–Kier alpha value is -2.21. The van der Waals surface area contributed by atoms with Crippen molar-refractivity contribution in [1.29, 1.82) is 0 Å². The van der Waals surface area contributed by atoms with Crippen LogP contribution >= 0.6 is 0 Å². The van der Waals surface area contributed by atoms with E-state index in [4.69, 9.17) is 4.74 Å². The average molecular weight is 260 g/mol. The van der Waals surface area contributed by atoms with Crippen LogP contribution in [0.15, 0.2) is 18.2 Å². The minimum atomic E-state index is -1.43. The van der Waals surface area contributed by atoms with Gasteiger partial charge in [0.1, 0.15) is 5.82 Å². The van der Waals surface area contributed by atoms with Gasteiger partial charge in [0.2, 0.25) is 0 Å². The molecular formula is C13H12N2O4. The Morgan fingerprint density at radius 3 is 2.74 bits per heavy atom. The van der Waals surface area contributed by atoms with E-state index in [1.54, 1.807) is 18.2 Å². The third-order valence-corrected chi connectivity index (χ3v) is 3.40. The number of aliphatic carboxylic acids is 1. The first-order chi connectivity index (χ1) is 9.03. The number of nitrogens with zero attached hydrogens (tertiary/aromatic N) is 1. The molecule has 6 heteroatoms. The topological polar surface area (TPSA) is 92.3 Å². The predicted octanol–water partition coefficient (Wildman–Crippen LogP) is 1.16. The monoisotopic (exact) mass is 260 g/mol. The van der Waals surface area contributed by atoms with E-state index in [0.29, 0.717) is 5.56 Å². The Balaban J connectivity index is 2.04. The zero-order valence-electron chi connectivity index (χ0n) is 10.3. The highest BCUT2D eigenvalue weighted by Crippen LogP contribution is 2.32. The summed E-state index contributed by atoms with van der Waals surface area (Å²) in [6.45, 7) is 1.68. The van der Waals surface area contributed by atoms with Crippen molar-refractivity contribution in [2.24, 2.45) is 5.41 Å². The Morgan fingerprint density at radius 2 is 2.16 bits per heavy atom. The molecular weight excluding hydrogens is 248 g/mol. The van der Waals surface area contributed by atoms with Gasteiger partial charge in [-0.25, -0.2) is 4.98 Å². The number of imidazole rings is 1. The van der Waals surface area contributed by atoms with Crippen LogP contribution in [0.3, 0.4) is 0 Å². The molecule has 1 aliphatic heterocycles. The molecule has 1 aromatic heterocycles. The summed E-state index contributed by atoms with van der Waals surface area (Å²) in [5.74, 6) is -0.801. The fraction of sp³-hybridized carbons (Fsp3) is 0.308. The number of hydrogen-bond donors (Lipinski definition) is 2. The summed E-state index contributed by atoms with van der Waals surface area (Å²) >= 11 is 0. The molecule has 2 heterocycles. The van der Waals surface area contributed by atoms with Crippen LogP contribution in [-0.4, -0.2) is 40.0 Å². The lowest BCUT2D eigenvalue weighted by atomic mass is 9.78. The maximum absolute atomic E-state index is 12.3. The molecule has 1 aromatic carbocycles. The van der Waals surface area contributed by atoms with Crippen molar-refractivity contribution in [2.45, 2.75) is 6.92 Å². The molecule has 1 aliphatic rings. The first-order valence-electron chi connectivity index (χ1n) is 5.85. The number of Topliss-reactive ketones (excluding diaryl/α,β-unsaturated/α-hetero) is 1. The van der Waals surface area contributed by atoms with Crippen molar-refractivity contribution in [3.05, 3.63) is 29.6 Å². The predicted molar refractivity (Wildman–Crippen MR) is 66.0 cm³/mol. The molecule has 0 unspecified atom stereocenters. The average Bonchev–Trinajstić information content (AvgIpc) is 2.65. The lowest BCUT2D eigenvalue weighted by Crippen LogP contribution is -2.54. The van der Waals surface area contributed by atoms with Crippen molar-refractivity contribution >= 4 is 22.8 Å². The van der Waals surface area contributed by atoms with Crippen molar-refractivity contribution < 1.29 is 19.4 Å². The summed E-state index contributed by atoms with van der Waals surface area (Å²) in [6, 6.07) is 4.95. The molecule has 0 radical (unpaired) electrons. The molecule has 0 spiro atoms. The van der Waals surface area contributed by atoms with E-state index in [9.17, 15) is 14.7 Å². The number of rotatable bonds is 3. The second-order valence-corrected chi connectivity index (χ2v) is 4.76. The van der Waals surface area contributed by atoms with Gasteiger partial charge in [-0.3, -0.25) is 9.59 Å². The van der Waals surface area contributed by atoms with Crippen LogP contribution < -0.4 is 0 Å². The van der Waals surface area contributed by atoms with Crippen LogP contribution in [0.4, 0.5) is 0 Å². The molecule has 0 saturated carbocycles. The second kappa shape index (κ2) is 3.89. The smallest absolute Gasteiger partial charge is 0.322 e. The van der Waals surface area contributed by atoms with Crippen LogP contribution in [0.2, 0.25) is 0 Å². The normalized spacial score (nSPS) is 17.1. The SMILES string of the molecule is Cc1nc2ccc(C(=O)C3(C(=O)O)COC3)cc2[nH]1. The molecule has 6 nitrogen and oxygen atoms in total. The van der Waals surface area contributed by atoms with E-state index in [1.807, 2.05) is 6.92 Å². The summed E-state index contributed by atoms with van der Waals surface area (Å²) in [7, 11) is 0. The highest BCUT2D eigenvalue weighted by molar-refractivity contribution is 6.13. The van der Waals surface area contributed by atoms with Crippen molar-refractivity contribution in [2.75, 3.05) is 13.2 Å². The first kappa shape index (κ1) is 11.9. The summed E-state index contributed by atoms with van der Waals surface area (Å²) < 4.78 is 4.91. The molecule has 0 aliphatic carbocycles. The number of carbonyl (C=O) groups excluding carboxylic acids is 1. The van der Waals surface area contributed by atoms with Gasteiger partial charge in [-0.15, -0.1) is 0 Å².